The molecule has 0 spiro atoms. The molecule has 0 fully saturated rings. The number of ether oxygens (including phenoxy) is 1. The first-order valence-electron chi connectivity index (χ1n) is 8.16. The Morgan fingerprint density at radius 3 is 2.32 bits per heavy atom. The van der Waals surface area contributed by atoms with Crippen molar-refractivity contribution in [2.24, 2.45) is 11.7 Å². The maximum Gasteiger partial charge on any atom is 0.220 e. The number of nitrogens with two attached hydrogens (primary N) is 1. The molecule has 4 nitrogen and oxygen atoms in total. The van der Waals surface area contributed by atoms with E-state index in [4.69, 9.17) is 10.5 Å². The topological polar surface area (TPSA) is 64.3 Å². The quantitative estimate of drug-likeness (QED) is 0.735. The molecular formula is C18H30N2O2. The molecular weight excluding hydrogens is 276 g/mol. The van der Waals surface area contributed by atoms with Gasteiger partial charge in [0.2, 0.25) is 5.91 Å². The maximum absolute atomic E-state index is 11.8. The Morgan fingerprint density at radius 2 is 1.77 bits per heavy atom. The molecule has 4 heteroatoms. The van der Waals surface area contributed by atoms with E-state index < -0.39 is 0 Å². The van der Waals surface area contributed by atoms with Gasteiger partial charge < -0.3 is 15.8 Å². The molecule has 1 aromatic carbocycles. The fourth-order valence-electron chi connectivity index (χ4n) is 2.02. The van der Waals surface area contributed by atoms with Gasteiger partial charge in [0.15, 0.2) is 0 Å². The number of hydrogen-bond acceptors (Lipinski definition) is 3. The first-order chi connectivity index (χ1) is 10.4. The monoisotopic (exact) mass is 306 g/mol. The normalized spacial score (nSPS) is 13.7. The summed E-state index contributed by atoms with van der Waals surface area (Å²) in [4.78, 5) is 11.8. The molecule has 22 heavy (non-hydrogen) atoms. The van der Waals surface area contributed by atoms with Crippen molar-refractivity contribution in [2.75, 3.05) is 6.61 Å². The second-order valence-electron chi connectivity index (χ2n) is 6.41. The number of nitrogens with one attached hydrogen (secondary N) is 1. The van der Waals surface area contributed by atoms with Gasteiger partial charge in [-0.25, -0.2) is 0 Å². The number of carbonyl (C=O) groups is 1. The van der Waals surface area contributed by atoms with Crippen LogP contribution in [0.15, 0.2) is 24.3 Å². The van der Waals surface area contributed by atoms with E-state index in [9.17, 15) is 4.79 Å². The van der Waals surface area contributed by atoms with Gasteiger partial charge in [-0.05, 0) is 50.3 Å². The highest BCUT2D eigenvalue weighted by atomic mass is 16.5. The molecule has 1 rings (SSSR count). The fraction of sp³-hybridized carbons (Fsp3) is 0.611. The average molecular weight is 306 g/mol. The zero-order valence-corrected chi connectivity index (χ0v) is 14.3. The van der Waals surface area contributed by atoms with Crippen LogP contribution in [0, 0.1) is 5.92 Å². The summed E-state index contributed by atoms with van der Waals surface area (Å²) < 4.78 is 5.70. The molecule has 0 bridgehead atoms. The SMILES string of the molecule is CC(C)CCOc1ccc(C(C)NC(=O)CCC(C)N)cc1. The molecule has 0 aromatic heterocycles. The minimum Gasteiger partial charge on any atom is -0.494 e. The van der Waals surface area contributed by atoms with Gasteiger partial charge >= 0.3 is 0 Å². The molecule has 3 N–H and O–H groups in total. The van der Waals surface area contributed by atoms with E-state index >= 15 is 0 Å². The second kappa shape index (κ2) is 9.46. The Hall–Kier alpha value is -1.55. The predicted octanol–water partition coefficient (Wildman–Crippen LogP) is 3.42. The van der Waals surface area contributed by atoms with Gasteiger partial charge in [0, 0.05) is 12.5 Å². The average Bonchev–Trinajstić information content (AvgIpc) is 2.45. The lowest BCUT2D eigenvalue weighted by atomic mass is 10.1. The number of hydrogen-bond donors (Lipinski definition) is 2. The van der Waals surface area contributed by atoms with Crippen LogP contribution in [-0.2, 0) is 4.79 Å². The molecule has 0 saturated carbocycles. The van der Waals surface area contributed by atoms with Crippen molar-refractivity contribution in [3.63, 3.8) is 0 Å². The Labute approximate surface area is 134 Å². The standard InChI is InChI=1S/C18H30N2O2/c1-13(2)11-12-22-17-8-6-16(7-9-17)15(4)20-18(21)10-5-14(3)19/h6-9,13-15H,5,10-12,19H2,1-4H3,(H,20,21). The van der Waals surface area contributed by atoms with E-state index in [-0.39, 0.29) is 18.0 Å². The summed E-state index contributed by atoms with van der Waals surface area (Å²) in [5.74, 6) is 1.56. The second-order valence-corrected chi connectivity index (χ2v) is 6.41. The van der Waals surface area contributed by atoms with Gasteiger partial charge in [-0.2, -0.15) is 0 Å². The van der Waals surface area contributed by atoms with Gasteiger partial charge in [-0.15, -0.1) is 0 Å². The van der Waals surface area contributed by atoms with Gasteiger partial charge in [0.25, 0.3) is 0 Å². The van der Waals surface area contributed by atoms with Crippen LogP contribution in [0.25, 0.3) is 0 Å². The predicted molar refractivity (Wildman–Crippen MR) is 90.8 cm³/mol. The number of amides is 1. The molecule has 0 aliphatic carbocycles. The smallest absolute Gasteiger partial charge is 0.220 e. The number of carbonyl (C=O) groups excluding carboxylic acids is 1. The molecule has 1 aromatic rings. The summed E-state index contributed by atoms with van der Waals surface area (Å²) in [6.07, 6.45) is 2.23. The Bertz CT molecular complexity index is 441. The van der Waals surface area contributed by atoms with Crippen LogP contribution in [0.5, 0.6) is 5.75 Å². The van der Waals surface area contributed by atoms with Crippen molar-refractivity contribution in [3.05, 3.63) is 29.8 Å². The van der Waals surface area contributed by atoms with Crippen molar-refractivity contribution in [1.82, 2.24) is 5.32 Å². The first kappa shape index (κ1) is 18.5. The summed E-state index contributed by atoms with van der Waals surface area (Å²) in [7, 11) is 0. The molecule has 0 heterocycles. The van der Waals surface area contributed by atoms with Gasteiger partial charge in [0.05, 0.1) is 12.6 Å². The summed E-state index contributed by atoms with van der Waals surface area (Å²) in [6, 6.07) is 7.97. The highest BCUT2D eigenvalue weighted by Gasteiger charge is 2.10. The minimum absolute atomic E-state index is 0.00899. The van der Waals surface area contributed by atoms with Crippen LogP contribution in [0.4, 0.5) is 0 Å². The molecule has 0 aliphatic rings. The Balaban J connectivity index is 2.42. The summed E-state index contributed by atoms with van der Waals surface area (Å²) in [5, 5.41) is 2.99. The third-order valence-corrected chi connectivity index (χ3v) is 3.55. The summed E-state index contributed by atoms with van der Waals surface area (Å²) >= 11 is 0. The molecule has 0 radical (unpaired) electrons. The van der Waals surface area contributed by atoms with Crippen LogP contribution in [0.1, 0.15) is 58.6 Å². The third-order valence-electron chi connectivity index (χ3n) is 3.55. The van der Waals surface area contributed by atoms with Crippen molar-refractivity contribution in [2.45, 2.75) is 59.0 Å². The molecule has 1 amide bonds. The molecule has 0 aliphatic heterocycles. The maximum atomic E-state index is 11.8. The number of benzene rings is 1. The summed E-state index contributed by atoms with van der Waals surface area (Å²) in [6.45, 7) is 9.00. The third kappa shape index (κ3) is 7.46. The molecule has 2 unspecified atom stereocenters. The fourth-order valence-corrected chi connectivity index (χ4v) is 2.02. The van der Waals surface area contributed by atoms with Crippen molar-refractivity contribution in [1.29, 1.82) is 0 Å². The van der Waals surface area contributed by atoms with Crippen LogP contribution < -0.4 is 15.8 Å². The summed E-state index contributed by atoms with van der Waals surface area (Å²) in [5.41, 5.74) is 6.74. The molecule has 2 atom stereocenters. The minimum atomic E-state index is -0.00899. The Kier molecular flexibility index (Phi) is 7.96. The highest BCUT2D eigenvalue weighted by molar-refractivity contribution is 5.76. The van der Waals surface area contributed by atoms with Gasteiger partial charge in [-0.1, -0.05) is 26.0 Å². The van der Waals surface area contributed by atoms with Crippen molar-refractivity contribution < 1.29 is 9.53 Å². The van der Waals surface area contributed by atoms with E-state index in [0.717, 1.165) is 24.3 Å². The van der Waals surface area contributed by atoms with Crippen LogP contribution in [0.2, 0.25) is 0 Å². The largest absolute Gasteiger partial charge is 0.494 e. The lowest BCUT2D eigenvalue weighted by Gasteiger charge is -2.15. The van der Waals surface area contributed by atoms with E-state index in [2.05, 4.69) is 19.2 Å². The lowest BCUT2D eigenvalue weighted by molar-refractivity contribution is -0.121. The lowest BCUT2D eigenvalue weighted by Crippen LogP contribution is -2.28. The zero-order valence-electron chi connectivity index (χ0n) is 14.3. The van der Waals surface area contributed by atoms with Crippen LogP contribution >= 0.6 is 0 Å². The van der Waals surface area contributed by atoms with Gasteiger partial charge in [0.1, 0.15) is 5.75 Å². The molecule has 0 saturated heterocycles. The van der Waals surface area contributed by atoms with Gasteiger partial charge in [-0.3, -0.25) is 4.79 Å². The van der Waals surface area contributed by atoms with Crippen molar-refractivity contribution in [3.8, 4) is 5.75 Å². The first-order valence-corrected chi connectivity index (χ1v) is 8.16. The number of rotatable bonds is 9. The Morgan fingerprint density at radius 1 is 1.14 bits per heavy atom. The van der Waals surface area contributed by atoms with E-state index in [1.807, 2.05) is 38.1 Å². The van der Waals surface area contributed by atoms with E-state index in [1.54, 1.807) is 0 Å². The van der Waals surface area contributed by atoms with Crippen LogP contribution in [0.3, 0.4) is 0 Å². The highest BCUT2D eigenvalue weighted by Crippen LogP contribution is 2.18. The van der Waals surface area contributed by atoms with Crippen molar-refractivity contribution >= 4 is 5.91 Å². The van der Waals surface area contributed by atoms with E-state index in [0.29, 0.717) is 18.8 Å². The van der Waals surface area contributed by atoms with E-state index in [1.165, 1.54) is 0 Å². The zero-order chi connectivity index (χ0) is 16.5. The van der Waals surface area contributed by atoms with Crippen LogP contribution in [-0.4, -0.2) is 18.6 Å². The molecule has 124 valence electrons.